The Morgan fingerprint density at radius 3 is 2.57 bits per heavy atom. The van der Waals surface area contributed by atoms with Crippen molar-refractivity contribution in [2.45, 2.75) is 81.8 Å². The zero-order valence-electron chi connectivity index (χ0n) is 30.7. The van der Waals surface area contributed by atoms with Crippen LogP contribution in [0.2, 0.25) is 0 Å². The van der Waals surface area contributed by atoms with Crippen molar-refractivity contribution in [3.05, 3.63) is 54.1 Å². The van der Waals surface area contributed by atoms with Crippen LogP contribution in [-0.4, -0.2) is 124 Å². The Balaban J connectivity index is 1.30. The highest BCUT2D eigenvalue weighted by atomic mass is 32.2. The summed E-state index contributed by atoms with van der Waals surface area (Å²) in [6.07, 6.45) is -0.306. The molecular formula is C37H53N3O12S. The second-order valence-electron chi connectivity index (χ2n) is 14.5. The van der Waals surface area contributed by atoms with Gasteiger partial charge in [-0.15, -0.1) is 0 Å². The molecule has 0 saturated carbocycles. The number of nitrogens with one attached hydrogen (secondary N) is 1. The van der Waals surface area contributed by atoms with E-state index in [1.807, 2.05) is 44.2 Å². The number of sulfonamides is 1. The van der Waals surface area contributed by atoms with Crippen LogP contribution in [0.4, 0.5) is 9.59 Å². The number of carboxylic acid groups (broad SMARTS) is 1. The predicted octanol–water partition coefficient (Wildman–Crippen LogP) is 4.08. The average Bonchev–Trinajstić information content (AvgIpc) is 3.88. The lowest BCUT2D eigenvalue weighted by Gasteiger charge is -2.35. The number of carbonyl (C=O) groups is 2. The Hall–Kier alpha value is -3.67. The van der Waals surface area contributed by atoms with E-state index in [0.29, 0.717) is 50.5 Å². The van der Waals surface area contributed by atoms with E-state index in [1.165, 1.54) is 28.4 Å². The van der Waals surface area contributed by atoms with Crippen LogP contribution in [0.15, 0.2) is 53.4 Å². The van der Waals surface area contributed by atoms with Crippen LogP contribution >= 0.6 is 0 Å². The number of aliphatic hydroxyl groups excluding tert-OH is 1. The first-order valence-corrected chi connectivity index (χ1v) is 19.6. The van der Waals surface area contributed by atoms with Gasteiger partial charge in [0, 0.05) is 39.4 Å². The second kappa shape index (κ2) is 18.6. The normalized spacial score (nSPS) is 20.6. The third-order valence-electron chi connectivity index (χ3n) is 9.90. The van der Waals surface area contributed by atoms with E-state index in [-0.39, 0.29) is 50.3 Å². The fourth-order valence-corrected chi connectivity index (χ4v) is 8.60. The molecule has 3 aliphatic heterocycles. The van der Waals surface area contributed by atoms with Gasteiger partial charge in [0.05, 0.1) is 42.8 Å². The summed E-state index contributed by atoms with van der Waals surface area (Å²) in [5, 5.41) is 24.1. The minimum Gasteiger partial charge on any atom is -0.465 e. The molecule has 5 rings (SSSR count). The molecule has 2 saturated heterocycles. The van der Waals surface area contributed by atoms with Crippen molar-refractivity contribution in [3.8, 4) is 11.5 Å². The molecule has 2 aromatic rings. The fraction of sp³-hybridized carbons (Fsp3) is 0.622. The molecule has 53 heavy (non-hydrogen) atoms. The number of carbonyl (C=O) groups excluding carboxylic acids is 1. The second-order valence-corrected chi connectivity index (χ2v) is 16.5. The lowest BCUT2D eigenvalue weighted by molar-refractivity contribution is -0.0907. The summed E-state index contributed by atoms with van der Waals surface area (Å²) in [4.78, 5) is 26.2. The molecule has 2 aromatic carbocycles. The summed E-state index contributed by atoms with van der Waals surface area (Å²) in [5.41, 5.74) is 0.287. The minimum atomic E-state index is -4.20. The molecular weight excluding hydrogens is 710 g/mol. The van der Waals surface area contributed by atoms with Gasteiger partial charge in [-0.3, -0.25) is 0 Å². The van der Waals surface area contributed by atoms with Gasteiger partial charge in [-0.25, -0.2) is 18.0 Å². The van der Waals surface area contributed by atoms with E-state index >= 15 is 0 Å². The molecule has 0 aliphatic carbocycles. The van der Waals surface area contributed by atoms with Crippen molar-refractivity contribution in [3.63, 3.8) is 0 Å². The van der Waals surface area contributed by atoms with Crippen molar-refractivity contribution in [2.75, 3.05) is 59.9 Å². The van der Waals surface area contributed by atoms with Gasteiger partial charge in [-0.2, -0.15) is 4.31 Å². The van der Waals surface area contributed by atoms with Gasteiger partial charge in [0.1, 0.15) is 6.10 Å². The van der Waals surface area contributed by atoms with Crippen molar-refractivity contribution in [1.82, 2.24) is 14.5 Å². The zero-order valence-corrected chi connectivity index (χ0v) is 31.5. The molecule has 3 N–H and O–H groups in total. The van der Waals surface area contributed by atoms with Crippen LogP contribution in [0.1, 0.15) is 51.5 Å². The number of rotatable bonds is 20. The summed E-state index contributed by atoms with van der Waals surface area (Å²) >= 11 is 0. The first kappa shape index (κ1) is 40.5. The van der Waals surface area contributed by atoms with Crippen LogP contribution in [0.25, 0.3) is 0 Å². The lowest BCUT2D eigenvalue weighted by atomic mass is 9.86. The van der Waals surface area contributed by atoms with Gasteiger partial charge in [0.2, 0.25) is 16.8 Å². The summed E-state index contributed by atoms with van der Waals surface area (Å²) in [6, 6.07) is 12.8. The Morgan fingerprint density at radius 1 is 1.04 bits per heavy atom. The maximum absolute atomic E-state index is 14.4. The van der Waals surface area contributed by atoms with E-state index < -0.39 is 52.2 Å². The number of ether oxygens (including phenoxy) is 6. The molecule has 0 bridgehead atoms. The van der Waals surface area contributed by atoms with Crippen molar-refractivity contribution >= 4 is 22.2 Å². The summed E-state index contributed by atoms with van der Waals surface area (Å²) < 4.78 is 62.9. The fourth-order valence-electron chi connectivity index (χ4n) is 6.94. The maximum atomic E-state index is 14.4. The summed E-state index contributed by atoms with van der Waals surface area (Å²) in [6.45, 7) is 5.34. The van der Waals surface area contributed by atoms with Gasteiger partial charge >= 0.3 is 12.2 Å². The maximum Gasteiger partial charge on any atom is 0.407 e. The first-order valence-electron chi connectivity index (χ1n) is 18.2. The standard InChI is InChI=1S/C37H53N3O12S/c1-37(2,15-8-5-9-16-39(36(43)44)17-19-47-3)24-40(53(45,46)27-12-13-31-32(21-27)51-25-50-31)22-30(41)29(20-26-10-6-4-7-11-26)38-35(42)52-33-23-49-34-28(33)14-18-48-34/h4,6-7,10-13,21,28-30,33-34,41H,5,8-9,14-20,22-25H2,1-3H3,(H,38,42)(H,43,44)/t28-,29-,30+,33-,34+/m0/s1. The molecule has 0 unspecified atom stereocenters. The van der Waals surface area contributed by atoms with E-state index in [0.717, 1.165) is 18.4 Å². The molecule has 0 aromatic heterocycles. The molecule has 2 fully saturated rings. The smallest absolute Gasteiger partial charge is 0.407 e. The number of nitrogens with zero attached hydrogens (tertiary/aromatic N) is 2. The molecule has 294 valence electrons. The minimum absolute atomic E-state index is 0.0175. The van der Waals surface area contributed by atoms with Crippen molar-refractivity contribution in [2.24, 2.45) is 11.3 Å². The van der Waals surface area contributed by atoms with Crippen LogP contribution in [0.3, 0.4) is 0 Å². The van der Waals surface area contributed by atoms with Crippen molar-refractivity contribution in [1.29, 1.82) is 0 Å². The van der Waals surface area contributed by atoms with E-state index in [2.05, 4.69) is 5.32 Å². The average molecular weight is 764 g/mol. The monoisotopic (exact) mass is 763 g/mol. The number of amides is 2. The highest BCUT2D eigenvalue weighted by Crippen LogP contribution is 2.36. The van der Waals surface area contributed by atoms with E-state index in [1.54, 1.807) is 6.07 Å². The van der Waals surface area contributed by atoms with Gasteiger partial charge in [-0.05, 0) is 48.8 Å². The number of alkyl carbamates (subject to hydrolysis) is 1. The molecule has 16 heteroatoms. The number of fused-ring (bicyclic) bond motifs is 2. The quantitative estimate of drug-likeness (QED) is 0.165. The Morgan fingerprint density at radius 2 is 1.81 bits per heavy atom. The van der Waals surface area contributed by atoms with E-state index in [4.69, 9.17) is 28.4 Å². The Bertz CT molecular complexity index is 1610. The molecule has 2 amide bonds. The van der Waals surface area contributed by atoms with Crippen LogP contribution in [-0.2, 0) is 35.4 Å². The molecule has 15 nitrogen and oxygen atoms in total. The number of hydrogen-bond donors (Lipinski definition) is 3. The van der Waals surface area contributed by atoms with Gasteiger partial charge < -0.3 is 48.9 Å². The van der Waals surface area contributed by atoms with Gasteiger partial charge in [0.25, 0.3) is 0 Å². The number of hydrogen-bond acceptors (Lipinski definition) is 11. The molecule has 3 aliphatic rings. The van der Waals surface area contributed by atoms with Crippen molar-refractivity contribution < 1.29 is 56.6 Å². The molecule has 0 spiro atoms. The predicted molar refractivity (Wildman–Crippen MR) is 192 cm³/mol. The van der Waals surface area contributed by atoms with Gasteiger partial charge in [-0.1, -0.05) is 57.0 Å². The van der Waals surface area contributed by atoms with Crippen LogP contribution < -0.4 is 14.8 Å². The number of benzene rings is 2. The number of methoxy groups -OCH3 is 1. The zero-order chi connectivity index (χ0) is 38.0. The third-order valence-corrected chi connectivity index (χ3v) is 11.7. The molecule has 3 heterocycles. The highest BCUT2D eigenvalue weighted by molar-refractivity contribution is 7.89. The summed E-state index contributed by atoms with van der Waals surface area (Å²) in [5.74, 6) is 0.673. The lowest BCUT2D eigenvalue weighted by Crippen LogP contribution is -2.52. The van der Waals surface area contributed by atoms with Gasteiger partial charge in [0.15, 0.2) is 17.8 Å². The first-order chi connectivity index (χ1) is 25.4. The number of unbranched alkanes of at least 4 members (excludes halogenated alkanes) is 2. The number of aliphatic hydroxyl groups is 1. The molecule has 5 atom stereocenters. The van der Waals surface area contributed by atoms with Crippen LogP contribution in [0, 0.1) is 11.3 Å². The third kappa shape index (κ3) is 11.2. The Labute approximate surface area is 311 Å². The topological polar surface area (TPSA) is 183 Å². The molecule has 0 radical (unpaired) electrons. The largest absolute Gasteiger partial charge is 0.465 e. The van der Waals surface area contributed by atoms with E-state index in [9.17, 15) is 28.2 Å². The Kier molecular flexibility index (Phi) is 14.2. The van der Waals surface area contributed by atoms with Crippen LogP contribution in [0.5, 0.6) is 11.5 Å². The summed E-state index contributed by atoms with van der Waals surface area (Å²) in [7, 11) is -2.67. The SMILES string of the molecule is COCCN(CCCCCC(C)(C)CN(C[C@@H](O)[C@H](Cc1ccccc1)NC(=O)O[C@H]1CO[C@H]2OCC[C@H]21)S(=O)(=O)c1ccc2c(c1)OCO2)C(=O)O. The highest BCUT2D eigenvalue weighted by Gasteiger charge is 2.44.